The minimum Gasteiger partial charge on any atom is -0.375 e. The molecule has 0 bridgehead atoms. The lowest BCUT2D eigenvalue weighted by Crippen LogP contribution is -2.38. The minimum atomic E-state index is -4.92. The van der Waals surface area contributed by atoms with Crippen molar-refractivity contribution in [2.24, 2.45) is 0 Å². The lowest BCUT2D eigenvalue weighted by Gasteiger charge is -2.22. The van der Waals surface area contributed by atoms with Crippen LogP contribution in [0.2, 0.25) is 0 Å². The number of anilines is 1. The number of benzene rings is 2. The summed E-state index contributed by atoms with van der Waals surface area (Å²) < 4.78 is 80.2. The van der Waals surface area contributed by atoms with Gasteiger partial charge in [-0.2, -0.15) is 17.9 Å². The number of halogens is 4. The molecular formula is C15H11F4N3O2S2. The second-order valence-corrected chi connectivity index (χ2v) is 8.11. The SMILES string of the molecule is Nc1nc2cc(S(=O)(=O)N[C@H](c3ccc(F)cc3)C(F)(F)F)ccc2s1. The summed E-state index contributed by atoms with van der Waals surface area (Å²) in [6, 6.07) is 4.60. The van der Waals surface area contributed by atoms with Crippen molar-refractivity contribution in [1.82, 2.24) is 9.71 Å². The zero-order valence-electron chi connectivity index (χ0n) is 12.8. The van der Waals surface area contributed by atoms with Gasteiger partial charge in [-0.05, 0) is 35.9 Å². The van der Waals surface area contributed by atoms with Crippen molar-refractivity contribution < 1.29 is 26.0 Å². The molecule has 0 fully saturated rings. The number of nitrogens with two attached hydrogens (primary N) is 1. The lowest BCUT2D eigenvalue weighted by atomic mass is 10.1. The Hall–Kier alpha value is -2.24. The van der Waals surface area contributed by atoms with Crippen LogP contribution in [0, 0.1) is 5.82 Å². The number of thiazole rings is 1. The maximum atomic E-state index is 13.4. The molecule has 0 unspecified atom stereocenters. The first-order chi connectivity index (χ1) is 12.1. The predicted octanol–water partition coefficient (Wildman–Crippen LogP) is 3.60. The summed E-state index contributed by atoms with van der Waals surface area (Å²) in [4.78, 5) is 3.54. The van der Waals surface area contributed by atoms with E-state index in [0.717, 1.165) is 41.7 Å². The van der Waals surface area contributed by atoms with Crippen molar-refractivity contribution in [3.63, 3.8) is 0 Å². The van der Waals surface area contributed by atoms with E-state index in [4.69, 9.17) is 5.73 Å². The van der Waals surface area contributed by atoms with Gasteiger partial charge in [0.15, 0.2) is 5.13 Å². The van der Waals surface area contributed by atoms with Crippen LogP contribution in [0.25, 0.3) is 10.2 Å². The van der Waals surface area contributed by atoms with Gasteiger partial charge in [0.2, 0.25) is 10.0 Å². The number of nitrogens with zero attached hydrogens (tertiary/aromatic N) is 1. The van der Waals surface area contributed by atoms with Crippen LogP contribution in [0.15, 0.2) is 47.4 Å². The number of nitrogens with one attached hydrogen (secondary N) is 1. The molecule has 3 rings (SSSR count). The third-order valence-electron chi connectivity index (χ3n) is 3.49. The topological polar surface area (TPSA) is 85.1 Å². The minimum absolute atomic E-state index is 0.210. The molecule has 0 radical (unpaired) electrons. The van der Waals surface area contributed by atoms with E-state index in [1.54, 1.807) is 4.72 Å². The molecule has 1 atom stereocenters. The van der Waals surface area contributed by atoms with Gasteiger partial charge in [0, 0.05) is 0 Å². The van der Waals surface area contributed by atoms with E-state index in [1.807, 2.05) is 0 Å². The van der Waals surface area contributed by atoms with Gasteiger partial charge in [-0.3, -0.25) is 0 Å². The second kappa shape index (κ2) is 6.49. The molecule has 0 spiro atoms. The van der Waals surface area contributed by atoms with Crippen molar-refractivity contribution >= 4 is 36.7 Å². The molecule has 26 heavy (non-hydrogen) atoms. The number of aromatic nitrogens is 1. The Morgan fingerprint density at radius 2 is 1.77 bits per heavy atom. The van der Waals surface area contributed by atoms with Crippen LogP contribution in [0.3, 0.4) is 0 Å². The van der Waals surface area contributed by atoms with Gasteiger partial charge in [-0.15, -0.1) is 0 Å². The first-order valence-corrected chi connectivity index (χ1v) is 9.37. The Bertz CT molecular complexity index is 1050. The van der Waals surface area contributed by atoms with Gasteiger partial charge in [0.1, 0.15) is 11.9 Å². The summed E-state index contributed by atoms with van der Waals surface area (Å²) in [5, 5.41) is 0.210. The monoisotopic (exact) mass is 405 g/mol. The summed E-state index contributed by atoms with van der Waals surface area (Å²) in [6.45, 7) is 0. The van der Waals surface area contributed by atoms with Crippen molar-refractivity contribution in [2.75, 3.05) is 5.73 Å². The largest absolute Gasteiger partial charge is 0.408 e. The Morgan fingerprint density at radius 3 is 2.38 bits per heavy atom. The average Bonchev–Trinajstić information content (AvgIpc) is 2.92. The Balaban J connectivity index is 1.99. The number of rotatable bonds is 4. The molecule has 5 nitrogen and oxygen atoms in total. The molecule has 0 amide bonds. The average molecular weight is 405 g/mol. The van der Waals surface area contributed by atoms with E-state index in [2.05, 4.69) is 4.98 Å². The molecule has 1 aromatic heterocycles. The van der Waals surface area contributed by atoms with Crippen LogP contribution in [0.1, 0.15) is 11.6 Å². The molecule has 0 saturated carbocycles. The zero-order chi connectivity index (χ0) is 19.1. The highest BCUT2D eigenvalue weighted by Crippen LogP contribution is 2.34. The van der Waals surface area contributed by atoms with E-state index < -0.39 is 33.6 Å². The molecule has 3 N–H and O–H groups in total. The van der Waals surface area contributed by atoms with Crippen LogP contribution in [-0.2, 0) is 10.0 Å². The summed E-state index contributed by atoms with van der Waals surface area (Å²) in [6.07, 6.45) is -4.92. The molecule has 1 heterocycles. The molecule has 138 valence electrons. The van der Waals surface area contributed by atoms with Crippen LogP contribution in [0.4, 0.5) is 22.7 Å². The van der Waals surface area contributed by atoms with E-state index in [-0.39, 0.29) is 15.5 Å². The fourth-order valence-electron chi connectivity index (χ4n) is 2.29. The maximum absolute atomic E-state index is 13.4. The maximum Gasteiger partial charge on any atom is 0.408 e. The van der Waals surface area contributed by atoms with Crippen LogP contribution in [-0.4, -0.2) is 19.6 Å². The van der Waals surface area contributed by atoms with Gasteiger partial charge in [-0.1, -0.05) is 23.5 Å². The summed E-state index contributed by atoms with van der Waals surface area (Å²) in [5.41, 5.74) is 5.37. The van der Waals surface area contributed by atoms with E-state index in [1.165, 1.54) is 12.1 Å². The smallest absolute Gasteiger partial charge is 0.375 e. The van der Waals surface area contributed by atoms with Crippen LogP contribution < -0.4 is 10.5 Å². The Kier molecular flexibility index (Phi) is 4.63. The zero-order valence-corrected chi connectivity index (χ0v) is 14.4. The highest BCUT2D eigenvalue weighted by atomic mass is 32.2. The number of nitrogen functional groups attached to an aromatic ring is 1. The van der Waals surface area contributed by atoms with Gasteiger partial charge < -0.3 is 5.73 Å². The number of fused-ring (bicyclic) bond motifs is 1. The fourth-order valence-corrected chi connectivity index (χ4v) is 4.24. The molecular weight excluding hydrogens is 394 g/mol. The van der Waals surface area contributed by atoms with E-state index in [9.17, 15) is 26.0 Å². The van der Waals surface area contributed by atoms with Gasteiger partial charge >= 0.3 is 6.18 Å². The number of alkyl halides is 3. The summed E-state index contributed by atoms with van der Waals surface area (Å²) in [7, 11) is -4.52. The molecule has 0 aliphatic heterocycles. The predicted molar refractivity (Wildman–Crippen MR) is 89.5 cm³/mol. The normalized spacial score (nSPS) is 13.8. The Morgan fingerprint density at radius 1 is 1.12 bits per heavy atom. The Labute approximate surface area is 149 Å². The molecule has 11 heteroatoms. The highest BCUT2D eigenvalue weighted by Gasteiger charge is 2.43. The molecule has 0 aliphatic carbocycles. The second-order valence-electron chi connectivity index (χ2n) is 5.33. The molecule has 3 aromatic rings. The summed E-state index contributed by atoms with van der Waals surface area (Å²) in [5.74, 6) is -0.732. The lowest BCUT2D eigenvalue weighted by molar-refractivity contribution is -0.153. The molecule has 2 aromatic carbocycles. The van der Waals surface area contributed by atoms with Gasteiger partial charge in [-0.25, -0.2) is 17.8 Å². The number of sulfonamides is 1. The highest BCUT2D eigenvalue weighted by molar-refractivity contribution is 7.89. The third-order valence-corrected chi connectivity index (χ3v) is 5.78. The first-order valence-electron chi connectivity index (χ1n) is 7.07. The molecule has 0 aliphatic rings. The van der Waals surface area contributed by atoms with Gasteiger partial charge in [0.25, 0.3) is 0 Å². The standard InChI is InChI=1S/C15H11F4N3O2S2/c16-9-3-1-8(2-4-9)13(15(17,18)19)22-26(23,24)10-5-6-12-11(7-10)21-14(20)25-12/h1-7,13,22H,(H2,20,21)/t13-/m1/s1. The van der Waals surface area contributed by atoms with Crippen LogP contribution >= 0.6 is 11.3 Å². The van der Waals surface area contributed by atoms with Crippen molar-refractivity contribution in [1.29, 1.82) is 0 Å². The van der Waals surface area contributed by atoms with Crippen molar-refractivity contribution in [3.8, 4) is 0 Å². The van der Waals surface area contributed by atoms with Gasteiger partial charge in [0.05, 0.1) is 15.1 Å². The van der Waals surface area contributed by atoms with Crippen molar-refractivity contribution in [2.45, 2.75) is 17.1 Å². The molecule has 0 saturated heterocycles. The van der Waals surface area contributed by atoms with Crippen LogP contribution in [0.5, 0.6) is 0 Å². The summed E-state index contributed by atoms with van der Waals surface area (Å²) >= 11 is 1.12. The quantitative estimate of drug-likeness (QED) is 0.650. The third kappa shape index (κ3) is 3.79. The van der Waals surface area contributed by atoms with E-state index >= 15 is 0 Å². The van der Waals surface area contributed by atoms with Crippen molar-refractivity contribution in [3.05, 3.63) is 53.8 Å². The number of hydrogen-bond donors (Lipinski definition) is 2. The fraction of sp³-hybridized carbons (Fsp3) is 0.133. The first kappa shape index (κ1) is 18.5. The van der Waals surface area contributed by atoms with E-state index in [0.29, 0.717) is 4.70 Å². The number of hydrogen-bond acceptors (Lipinski definition) is 5.